The minimum absolute atomic E-state index is 0.0565. The molecule has 0 spiro atoms. The monoisotopic (exact) mass is 788 g/mol. The molecule has 0 radical (unpaired) electrons. The highest BCUT2D eigenvalue weighted by Crippen LogP contribution is 2.33. The Morgan fingerprint density at radius 2 is 1.55 bits per heavy atom. The van der Waals surface area contributed by atoms with E-state index in [1.807, 2.05) is 71.5 Å². The van der Waals surface area contributed by atoms with Crippen LogP contribution in [0, 0.1) is 10.1 Å². The molecule has 2 amide bonds. The van der Waals surface area contributed by atoms with Crippen LogP contribution in [0.15, 0.2) is 137 Å². The SMILES string of the molecule is O=C(NS(=O)(=O)c1ccc(NCCSc2ccccc2)c([N+](=O)[O-])c1)c1ccc(N2CCN(C(=O)c3ccc(-c4cncc(O)c4)c4ccccc34)CC2)cc1. The van der Waals surface area contributed by atoms with Crippen molar-refractivity contribution in [3.8, 4) is 16.9 Å². The van der Waals surface area contributed by atoms with E-state index >= 15 is 0 Å². The fourth-order valence-corrected chi connectivity index (χ4v) is 8.35. The molecule has 13 nitrogen and oxygen atoms in total. The second-order valence-electron chi connectivity index (χ2n) is 12.9. The Morgan fingerprint density at radius 1 is 0.839 bits per heavy atom. The van der Waals surface area contributed by atoms with Crippen molar-refractivity contribution in [3.05, 3.63) is 149 Å². The van der Waals surface area contributed by atoms with Crippen molar-refractivity contribution in [2.75, 3.05) is 48.7 Å². The van der Waals surface area contributed by atoms with Crippen LogP contribution in [0.2, 0.25) is 0 Å². The third-order valence-electron chi connectivity index (χ3n) is 9.38. The number of benzene rings is 5. The molecular weight excluding hydrogens is 753 g/mol. The summed E-state index contributed by atoms with van der Waals surface area (Å²) >= 11 is 1.58. The first-order valence-electron chi connectivity index (χ1n) is 17.6. The van der Waals surface area contributed by atoms with Crippen LogP contribution < -0.4 is 14.9 Å². The van der Waals surface area contributed by atoms with E-state index < -0.39 is 31.4 Å². The average Bonchev–Trinajstić information content (AvgIpc) is 3.22. The van der Waals surface area contributed by atoms with E-state index in [4.69, 9.17) is 0 Å². The van der Waals surface area contributed by atoms with Gasteiger partial charge in [0.15, 0.2) is 0 Å². The lowest BCUT2D eigenvalue weighted by atomic mass is 9.95. The number of nitro benzene ring substituents is 1. The number of nitrogens with one attached hydrogen (secondary N) is 2. The minimum Gasteiger partial charge on any atom is -0.506 e. The number of nitro groups is 1. The van der Waals surface area contributed by atoms with E-state index in [9.17, 15) is 33.2 Å². The Morgan fingerprint density at radius 3 is 2.27 bits per heavy atom. The number of carbonyl (C=O) groups excluding carboxylic acids is 2. The van der Waals surface area contributed by atoms with Gasteiger partial charge >= 0.3 is 0 Å². The first-order chi connectivity index (χ1) is 27.1. The lowest BCUT2D eigenvalue weighted by Crippen LogP contribution is -2.48. The van der Waals surface area contributed by atoms with Crippen molar-refractivity contribution in [3.63, 3.8) is 0 Å². The molecule has 3 N–H and O–H groups in total. The summed E-state index contributed by atoms with van der Waals surface area (Å²) in [5.41, 5.74) is 2.81. The predicted octanol–water partition coefficient (Wildman–Crippen LogP) is 6.80. The number of anilines is 2. The normalized spacial score (nSPS) is 13.0. The van der Waals surface area contributed by atoms with Crippen molar-refractivity contribution in [1.29, 1.82) is 0 Å². The highest BCUT2D eigenvalue weighted by atomic mass is 32.2. The summed E-state index contributed by atoms with van der Waals surface area (Å²) in [6.07, 6.45) is 3.04. The molecule has 1 aromatic heterocycles. The molecule has 1 aliphatic heterocycles. The number of aromatic hydroxyl groups is 1. The van der Waals surface area contributed by atoms with Crippen LogP contribution in [0.4, 0.5) is 17.1 Å². The van der Waals surface area contributed by atoms with E-state index in [0.717, 1.165) is 38.5 Å². The topological polar surface area (TPSA) is 175 Å². The second kappa shape index (κ2) is 16.5. The van der Waals surface area contributed by atoms with Crippen LogP contribution >= 0.6 is 11.8 Å². The third-order valence-corrected chi connectivity index (χ3v) is 11.7. The van der Waals surface area contributed by atoms with E-state index in [1.54, 1.807) is 41.1 Å². The Balaban J connectivity index is 0.957. The molecule has 1 saturated heterocycles. The van der Waals surface area contributed by atoms with Gasteiger partial charge in [-0.2, -0.15) is 0 Å². The van der Waals surface area contributed by atoms with E-state index in [1.165, 1.54) is 30.5 Å². The number of pyridine rings is 1. The molecule has 5 aromatic carbocycles. The van der Waals surface area contributed by atoms with Gasteiger partial charge in [-0.15, -0.1) is 11.8 Å². The maximum atomic E-state index is 13.8. The van der Waals surface area contributed by atoms with Crippen molar-refractivity contribution in [2.24, 2.45) is 0 Å². The summed E-state index contributed by atoms with van der Waals surface area (Å²) in [6.45, 7) is 2.39. The number of carbonyl (C=O) groups is 2. The number of piperazine rings is 1. The van der Waals surface area contributed by atoms with Crippen LogP contribution in [-0.2, 0) is 10.0 Å². The van der Waals surface area contributed by atoms with E-state index in [0.29, 0.717) is 44.0 Å². The van der Waals surface area contributed by atoms with Gasteiger partial charge in [0.05, 0.1) is 16.0 Å². The van der Waals surface area contributed by atoms with Gasteiger partial charge in [-0.25, -0.2) is 13.1 Å². The maximum absolute atomic E-state index is 13.8. The van der Waals surface area contributed by atoms with Gasteiger partial charge < -0.3 is 20.2 Å². The van der Waals surface area contributed by atoms with Gasteiger partial charge in [0.2, 0.25) is 0 Å². The Bertz CT molecular complexity index is 2530. The van der Waals surface area contributed by atoms with Crippen LogP contribution in [0.25, 0.3) is 21.9 Å². The molecule has 7 rings (SSSR count). The molecule has 56 heavy (non-hydrogen) atoms. The fourth-order valence-electron chi connectivity index (χ4n) is 6.56. The molecule has 1 aliphatic rings. The van der Waals surface area contributed by atoms with Crippen molar-refractivity contribution in [2.45, 2.75) is 9.79 Å². The predicted molar refractivity (Wildman–Crippen MR) is 217 cm³/mol. The van der Waals surface area contributed by atoms with E-state index in [2.05, 4.69) is 15.2 Å². The molecule has 1 fully saturated rings. The summed E-state index contributed by atoms with van der Waals surface area (Å²) in [6, 6.07) is 32.6. The number of hydrogen-bond donors (Lipinski definition) is 3. The summed E-state index contributed by atoms with van der Waals surface area (Å²) in [5, 5.41) is 26.5. The standard InChI is InChI=1S/C41H36N6O7S2/c48-31-24-29(26-42-27-31)34-15-16-37(36-9-5-4-8-35(34)36)41(50)46-21-19-45(20-22-46)30-12-10-28(11-13-30)40(49)44-56(53,54)33-14-17-38(39(25-33)47(51)52)43-18-23-55-32-6-2-1-3-7-32/h1-17,24-27,43,48H,18-23H2,(H,44,49). The molecule has 0 unspecified atom stereocenters. The number of hydrogen-bond acceptors (Lipinski definition) is 11. The van der Waals surface area contributed by atoms with E-state index in [-0.39, 0.29) is 22.9 Å². The van der Waals surface area contributed by atoms with Gasteiger partial charge in [0, 0.05) is 78.0 Å². The van der Waals surface area contributed by atoms with Crippen molar-refractivity contribution in [1.82, 2.24) is 14.6 Å². The Kier molecular flexibility index (Phi) is 11.2. The zero-order valence-electron chi connectivity index (χ0n) is 29.9. The largest absolute Gasteiger partial charge is 0.506 e. The second-order valence-corrected chi connectivity index (χ2v) is 15.8. The number of rotatable bonds is 12. The Hall–Kier alpha value is -6.45. The number of aromatic nitrogens is 1. The lowest BCUT2D eigenvalue weighted by molar-refractivity contribution is -0.384. The molecule has 284 valence electrons. The number of sulfonamides is 1. The highest BCUT2D eigenvalue weighted by molar-refractivity contribution is 7.99. The summed E-state index contributed by atoms with van der Waals surface area (Å²) in [7, 11) is -4.44. The summed E-state index contributed by atoms with van der Waals surface area (Å²) in [5.74, 6) is -0.292. The number of amides is 2. The molecule has 0 atom stereocenters. The smallest absolute Gasteiger partial charge is 0.293 e. The first-order valence-corrected chi connectivity index (χ1v) is 20.1. The zero-order valence-corrected chi connectivity index (χ0v) is 31.5. The molecule has 0 bridgehead atoms. The van der Waals surface area contributed by atoms with Crippen molar-refractivity contribution >= 4 is 61.4 Å². The van der Waals surface area contributed by atoms with Gasteiger partial charge in [-0.05, 0) is 77.0 Å². The molecule has 2 heterocycles. The molecule has 0 saturated carbocycles. The highest BCUT2D eigenvalue weighted by Gasteiger charge is 2.26. The number of thioether (sulfide) groups is 1. The van der Waals surface area contributed by atoms with Gasteiger partial charge in [0.1, 0.15) is 11.4 Å². The molecule has 6 aromatic rings. The lowest BCUT2D eigenvalue weighted by Gasteiger charge is -2.36. The fraction of sp³-hybridized carbons (Fsp3) is 0.146. The minimum atomic E-state index is -4.44. The quantitative estimate of drug-likeness (QED) is 0.0515. The molecular formula is C41H36N6O7S2. The van der Waals surface area contributed by atoms with Gasteiger partial charge in [-0.1, -0.05) is 48.5 Å². The Labute approximate surface area is 327 Å². The number of nitrogens with zero attached hydrogens (tertiary/aromatic N) is 4. The average molecular weight is 789 g/mol. The number of fused-ring (bicyclic) bond motifs is 1. The summed E-state index contributed by atoms with van der Waals surface area (Å²) in [4.78, 5) is 46.6. The van der Waals surface area contributed by atoms with Gasteiger partial charge in [-0.3, -0.25) is 24.7 Å². The van der Waals surface area contributed by atoms with Crippen LogP contribution in [0.1, 0.15) is 20.7 Å². The summed E-state index contributed by atoms with van der Waals surface area (Å²) < 4.78 is 28.3. The molecule has 0 aliphatic carbocycles. The zero-order chi connectivity index (χ0) is 39.2. The molecule has 15 heteroatoms. The van der Waals surface area contributed by atoms with Crippen LogP contribution in [0.3, 0.4) is 0 Å². The van der Waals surface area contributed by atoms with Crippen molar-refractivity contribution < 1.29 is 28.0 Å². The first kappa shape index (κ1) is 37.8. The van der Waals surface area contributed by atoms with Crippen LogP contribution in [0.5, 0.6) is 5.75 Å². The van der Waals surface area contributed by atoms with Gasteiger partial charge in [0.25, 0.3) is 27.5 Å². The van der Waals surface area contributed by atoms with Crippen LogP contribution in [-0.4, -0.2) is 78.6 Å². The maximum Gasteiger partial charge on any atom is 0.293 e. The third kappa shape index (κ3) is 8.43.